The summed E-state index contributed by atoms with van der Waals surface area (Å²) in [6.45, 7) is 4.40. The summed E-state index contributed by atoms with van der Waals surface area (Å²) in [5, 5.41) is 2.94. The zero-order valence-corrected chi connectivity index (χ0v) is 18.5. The summed E-state index contributed by atoms with van der Waals surface area (Å²) in [5.74, 6) is -0.286. The zero-order chi connectivity index (χ0) is 22.0. The lowest BCUT2D eigenvalue weighted by Crippen LogP contribution is -2.52. The molecule has 1 heterocycles. The Bertz CT molecular complexity index is 1200. The van der Waals surface area contributed by atoms with Crippen molar-refractivity contribution in [3.63, 3.8) is 0 Å². The van der Waals surface area contributed by atoms with Crippen LogP contribution < -0.4 is 5.32 Å². The van der Waals surface area contributed by atoms with Crippen LogP contribution in [-0.4, -0.2) is 24.7 Å². The van der Waals surface area contributed by atoms with Crippen LogP contribution in [0.1, 0.15) is 27.8 Å². The minimum Gasteiger partial charge on any atom is -0.351 e. The maximum absolute atomic E-state index is 13.5. The molecule has 3 aromatic rings. The van der Waals surface area contributed by atoms with Crippen LogP contribution in [0.4, 0.5) is 0 Å². The van der Waals surface area contributed by atoms with Crippen molar-refractivity contribution < 1.29 is 13.2 Å². The zero-order valence-electron chi connectivity index (χ0n) is 17.7. The van der Waals surface area contributed by atoms with E-state index in [1.165, 1.54) is 4.31 Å². The maximum atomic E-state index is 13.5. The minimum atomic E-state index is -3.84. The summed E-state index contributed by atoms with van der Waals surface area (Å²) in [6.07, 6.45) is 0.348. The number of amides is 1. The van der Waals surface area contributed by atoms with Crippen LogP contribution >= 0.6 is 0 Å². The van der Waals surface area contributed by atoms with Gasteiger partial charge in [0, 0.05) is 13.1 Å². The Morgan fingerprint density at radius 3 is 2.35 bits per heavy atom. The highest BCUT2D eigenvalue weighted by Crippen LogP contribution is 2.29. The van der Waals surface area contributed by atoms with Crippen LogP contribution in [0, 0.1) is 13.8 Å². The average Bonchev–Trinajstić information content (AvgIpc) is 2.77. The molecular weight excluding hydrogens is 408 g/mol. The molecule has 5 nitrogen and oxygen atoms in total. The number of hydrogen-bond donors (Lipinski definition) is 1. The third-order valence-corrected chi connectivity index (χ3v) is 7.54. The summed E-state index contributed by atoms with van der Waals surface area (Å²) in [4.78, 5) is 13.4. The molecule has 0 saturated carbocycles. The highest BCUT2D eigenvalue weighted by atomic mass is 32.2. The van der Waals surface area contributed by atoms with Gasteiger partial charge in [-0.2, -0.15) is 4.31 Å². The minimum absolute atomic E-state index is 0.176. The van der Waals surface area contributed by atoms with Gasteiger partial charge in [0.25, 0.3) is 0 Å². The number of rotatable bonds is 5. The van der Waals surface area contributed by atoms with Gasteiger partial charge in [0.1, 0.15) is 6.04 Å². The van der Waals surface area contributed by atoms with Crippen molar-refractivity contribution in [3.05, 3.63) is 101 Å². The Balaban J connectivity index is 1.64. The van der Waals surface area contributed by atoms with E-state index in [0.717, 1.165) is 27.8 Å². The van der Waals surface area contributed by atoms with Gasteiger partial charge < -0.3 is 5.32 Å². The van der Waals surface area contributed by atoms with Crippen molar-refractivity contribution in [1.82, 2.24) is 9.62 Å². The number of carbonyl (C=O) groups is 1. The Kier molecular flexibility index (Phi) is 5.94. The Labute approximate surface area is 183 Å². The fourth-order valence-corrected chi connectivity index (χ4v) is 5.57. The molecule has 0 bridgehead atoms. The average molecular weight is 435 g/mol. The number of nitrogens with one attached hydrogen (secondary N) is 1. The smallest absolute Gasteiger partial charge is 0.244 e. The number of fused-ring (bicyclic) bond motifs is 1. The van der Waals surface area contributed by atoms with Gasteiger partial charge in [0.2, 0.25) is 15.9 Å². The molecule has 31 heavy (non-hydrogen) atoms. The van der Waals surface area contributed by atoms with Crippen molar-refractivity contribution in [1.29, 1.82) is 0 Å². The summed E-state index contributed by atoms with van der Waals surface area (Å²) in [6, 6.07) is 21.6. The first-order valence-electron chi connectivity index (χ1n) is 10.3. The van der Waals surface area contributed by atoms with E-state index in [0.29, 0.717) is 13.0 Å². The lowest BCUT2D eigenvalue weighted by molar-refractivity contribution is -0.125. The first-order chi connectivity index (χ1) is 14.8. The third kappa shape index (κ3) is 4.55. The van der Waals surface area contributed by atoms with E-state index in [4.69, 9.17) is 0 Å². The molecule has 6 heteroatoms. The van der Waals surface area contributed by atoms with Gasteiger partial charge >= 0.3 is 0 Å². The number of benzene rings is 3. The molecular formula is C25H26N2O3S. The van der Waals surface area contributed by atoms with E-state index in [1.54, 1.807) is 18.2 Å². The maximum Gasteiger partial charge on any atom is 0.244 e. The van der Waals surface area contributed by atoms with Gasteiger partial charge in [-0.1, -0.05) is 66.2 Å². The molecule has 1 aliphatic rings. The third-order valence-electron chi connectivity index (χ3n) is 5.69. The van der Waals surface area contributed by atoms with Crippen molar-refractivity contribution in [2.24, 2.45) is 0 Å². The summed E-state index contributed by atoms with van der Waals surface area (Å²) in [7, 11) is -3.84. The molecule has 4 rings (SSSR count). The lowest BCUT2D eigenvalue weighted by Gasteiger charge is -2.35. The molecule has 3 aromatic carbocycles. The van der Waals surface area contributed by atoms with E-state index in [9.17, 15) is 13.2 Å². The fraction of sp³-hybridized carbons (Fsp3) is 0.240. The standard InChI is InChI=1S/C25H26N2O3S/c1-18-10-12-20(13-11-18)16-26-25(28)24-15-21-7-3-4-8-22(21)17-27(24)31(29,30)23-9-5-6-19(2)14-23/h3-14,24H,15-17H2,1-2H3,(H,26,28)/t24-/m1/s1. The van der Waals surface area contributed by atoms with Crippen LogP contribution in [-0.2, 0) is 34.3 Å². The van der Waals surface area contributed by atoms with Crippen LogP contribution in [0.2, 0.25) is 0 Å². The van der Waals surface area contributed by atoms with Gasteiger partial charge in [0.05, 0.1) is 4.90 Å². The number of sulfonamides is 1. The lowest BCUT2D eigenvalue weighted by atomic mass is 9.95. The Morgan fingerprint density at radius 2 is 1.65 bits per heavy atom. The van der Waals surface area contributed by atoms with Crippen LogP contribution in [0.3, 0.4) is 0 Å². The van der Waals surface area contributed by atoms with Crippen molar-refractivity contribution in [3.8, 4) is 0 Å². The quantitative estimate of drug-likeness (QED) is 0.665. The molecule has 0 spiro atoms. The topological polar surface area (TPSA) is 66.5 Å². The van der Waals surface area contributed by atoms with E-state index in [2.05, 4.69) is 5.32 Å². The fourth-order valence-electron chi connectivity index (χ4n) is 3.90. The number of aryl methyl sites for hydroxylation is 2. The summed E-state index contributed by atoms with van der Waals surface area (Å²) in [5.41, 5.74) is 4.92. The number of hydrogen-bond acceptors (Lipinski definition) is 3. The molecule has 1 atom stereocenters. The highest BCUT2D eigenvalue weighted by molar-refractivity contribution is 7.89. The Hall–Kier alpha value is -2.96. The van der Waals surface area contributed by atoms with E-state index in [1.807, 2.05) is 68.4 Å². The van der Waals surface area contributed by atoms with Gasteiger partial charge in [-0.25, -0.2) is 8.42 Å². The second kappa shape index (κ2) is 8.65. The SMILES string of the molecule is Cc1ccc(CNC(=O)[C@H]2Cc3ccccc3CN2S(=O)(=O)c2cccc(C)c2)cc1. The second-order valence-electron chi connectivity index (χ2n) is 8.06. The van der Waals surface area contributed by atoms with E-state index < -0.39 is 16.1 Å². The molecule has 0 fully saturated rings. The van der Waals surface area contributed by atoms with Gasteiger partial charge in [0.15, 0.2) is 0 Å². The first-order valence-corrected chi connectivity index (χ1v) is 11.8. The summed E-state index contributed by atoms with van der Waals surface area (Å²) < 4.78 is 28.4. The predicted molar refractivity (Wildman–Crippen MR) is 121 cm³/mol. The second-order valence-corrected chi connectivity index (χ2v) is 9.95. The molecule has 0 saturated heterocycles. The van der Waals surface area contributed by atoms with Crippen molar-refractivity contribution in [2.45, 2.75) is 44.3 Å². The van der Waals surface area contributed by atoms with Gasteiger partial charge in [-0.15, -0.1) is 0 Å². The Morgan fingerprint density at radius 1 is 0.935 bits per heavy atom. The van der Waals surface area contributed by atoms with Crippen LogP contribution in [0.25, 0.3) is 0 Å². The van der Waals surface area contributed by atoms with Crippen LogP contribution in [0.15, 0.2) is 77.7 Å². The summed E-state index contributed by atoms with van der Waals surface area (Å²) >= 11 is 0. The van der Waals surface area contributed by atoms with Gasteiger partial charge in [-0.3, -0.25) is 4.79 Å². The monoisotopic (exact) mass is 434 g/mol. The molecule has 1 N–H and O–H groups in total. The molecule has 160 valence electrons. The normalized spacial score (nSPS) is 16.5. The molecule has 0 aliphatic carbocycles. The number of carbonyl (C=O) groups excluding carboxylic acids is 1. The van der Waals surface area contributed by atoms with E-state index in [-0.39, 0.29) is 17.3 Å². The highest BCUT2D eigenvalue weighted by Gasteiger charge is 2.39. The largest absolute Gasteiger partial charge is 0.351 e. The molecule has 1 aliphatic heterocycles. The molecule has 0 aromatic heterocycles. The number of nitrogens with zero attached hydrogens (tertiary/aromatic N) is 1. The molecule has 1 amide bonds. The first kappa shape index (κ1) is 21.3. The van der Waals surface area contributed by atoms with E-state index >= 15 is 0 Å². The predicted octanol–water partition coefficient (Wildman–Crippen LogP) is 3.74. The van der Waals surface area contributed by atoms with Crippen LogP contribution in [0.5, 0.6) is 0 Å². The van der Waals surface area contributed by atoms with Crippen molar-refractivity contribution in [2.75, 3.05) is 0 Å². The molecule has 0 radical (unpaired) electrons. The molecule has 0 unspecified atom stereocenters. The van der Waals surface area contributed by atoms with Gasteiger partial charge in [-0.05, 0) is 54.7 Å². The van der Waals surface area contributed by atoms with Crippen molar-refractivity contribution >= 4 is 15.9 Å².